The highest BCUT2D eigenvalue weighted by molar-refractivity contribution is 6.34. The number of anilines is 2. The van der Waals surface area contributed by atoms with Crippen molar-refractivity contribution < 1.29 is 33.1 Å². The molecule has 9 rings (SSSR count). The molecule has 1 spiro atoms. The summed E-state index contributed by atoms with van der Waals surface area (Å²) in [4.78, 5) is 58.8. The van der Waals surface area contributed by atoms with Gasteiger partial charge in [0.25, 0.3) is 11.8 Å². The molecule has 5 amide bonds. The van der Waals surface area contributed by atoms with Gasteiger partial charge in [0, 0.05) is 93.2 Å². The van der Waals surface area contributed by atoms with Crippen LogP contribution in [-0.2, 0) is 4.79 Å². The lowest BCUT2D eigenvalue weighted by Crippen LogP contribution is -2.52. The molecule has 13 nitrogen and oxygen atoms in total. The average molecular weight is 871 g/mol. The molecule has 2 saturated carbocycles. The maximum Gasteiger partial charge on any atom is 0.328 e. The van der Waals surface area contributed by atoms with Crippen molar-refractivity contribution in [2.45, 2.75) is 82.7 Å². The molecule has 0 unspecified atom stereocenters. The zero-order valence-corrected chi connectivity index (χ0v) is 35.5. The van der Waals surface area contributed by atoms with Crippen LogP contribution < -0.4 is 20.4 Å². The molecule has 0 radical (unpaired) electrons. The van der Waals surface area contributed by atoms with E-state index in [1.54, 1.807) is 18.2 Å². The summed E-state index contributed by atoms with van der Waals surface area (Å²) >= 11 is 6.44. The second-order valence-electron chi connectivity index (χ2n) is 18.0. The minimum atomic E-state index is -1.16. The number of phenols is 1. The van der Waals surface area contributed by atoms with Crippen LogP contribution in [0.1, 0.15) is 97.4 Å². The van der Waals surface area contributed by atoms with Gasteiger partial charge in [0.1, 0.15) is 0 Å². The minimum absolute atomic E-state index is 0.0553. The van der Waals surface area contributed by atoms with Crippen LogP contribution in [0.2, 0.25) is 5.02 Å². The fourth-order valence-electron chi connectivity index (χ4n) is 10.5. The number of urea groups is 1. The summed E-state index contributed by atoms with van der Waals surface area (Å²) in [6.45, 7) is 6.05. The van der Waals surface area contributed by atoms with Crippen molar-refractivity contribution in [1.82, 2.24) is 30.2 Å². The first-order valence-corrected chi connectivity index (χ1v) is 22.4. The molecule has 2 aliphatic carbocycles. The lowest BCUT2D eigenvalue weighted by molar-refractivity contribution is -0.120. The van der Waals surface area contributed by atoms with Gasteiger partial charge in [-0.2, -0.15) is 5.10 Å². The predicted molar refractivity (Wildman–Crippen MR) is 232 cm³/mol. The first-order valence-electron chi connectivity index (χ1n) is 22.1. The largest absolute Gasteiger partial charge is 0.503 e. The summed E-state index contributed by atoms with van der Waals surface area (Å²) < 4.78 is 29.5. The molecule has 0 atom stereocenters. The van der Waals surface area contributed by atoms with Gasteiger partial charge in [0.15, 0.2) is 17.4 Å². The number of imide groups is 1. The van der Waals surface area contributed by atoms with E-state index in [1.807, 2.05) is 4.90 Å². The summed E-state index contributed by atoms with van der Waals surface area (Å²) in [5.74, 6) is -4.07. The molecule has 3 aliphatic heterocycles. The number of aromatic hydroxyl groups is 1. The molecule has 5 aliphatic rings. The second-order valence-corrected chi connectivity index (χ2v) is 18.4. The smallest absolute Gasteiger partial charge is 0.328 e. The van der Waals surface area contributed by atoms with Crippen LogP contribution >= 0.6 is 11.6 Å². The van der Waals surface area contributed by atoms with Gasteiger partial charge in [-0.25, -0.2) is 13.6 Å². The van der Waals surface area contributed by atoms with Gasteiger partial charge >= 0.3 is 6.03 Å². The van der Waals surface area contributed by atoms with Gasteiger partial charge in [-0.15, -0.1) is 0 Å². The van der Waals surface area contributed by atoms with Crippen molar-refractivity contribution in [3.63, 3.8) is 0 Å². The SMILES string of the molecule is O=C1CCN(c2cc(C(=O)N3CCC4(CCC(N5CCN(c6ccc7cn(C8CCC(CNC(=O)c9cc(F)c(O)c(F)c9)CC8)nc7c6)CC5)CC4)CC3)ccc2Cl)C(=O)N1. The Morgan fingerprint density at radius 2 is 1.53 bits per heavy atom. The molecule has 4 aromatic rings. The molecular weight excluding hydrogens is 818 g/mol. The van der Waals surface area contributed by atoms with Crippen LogP contribution in [0.25, 0.3) is 10.9 Å². The van der Waals surface area contributed by atoms with E-state index in [1.165, 1.54) is 36.3 Å². The number of carbonyl (C=O) groups is 4. The maximum absolute atomic E-state index is 13.7. The highest BCUT2D eigenvalue weighted by Gasteiger charge is 2.41. The van der Waals surface area contributed by atoms with Crippen LogP contribution in [0, 0.1) is 23.0 Å². The van der Waals surface area contributed by atoms with E-state index in [-0.39, 0.29) is 47.7 Å². The number of phenolic OH excluding ortho intramolecular Hbond substituents is 1. The molecule has 5 fully saturated rings. The Hall–Kier alpha value is -5.28. The quantitative estimate of drug-likeness (QED) is 0.168. The summed E-state index contributed by atoms with van der Waals surface area (Å²) in [6.07, 6.45) is 12.7. The van der Waals surface area contributed by atoms with E-state index in [9.17, 15) is 33.1 Å². The molecular formula is C46H53ClF2N8O5. The number of piperazine rings is 1. The van der Waals surface area contributed by atoms with Gasteiger partial charge in [0.2, 0.25) is 5.91 Å². The molecule has 3 saturated heterocycles. The lowest BCUT2D eigenvalue weighted by atomic mass is 9.66. The van der Waals surface area contributed by atoms with E-state index < -0.39 is 29.3 Å². The van der Waals surface area contributed by atoms with Crippen molar-refractivity contribution in [2.75, 3.05) is 62.2 Å². The number of hydrogen-bond donors (Lipinski definition) is 3. The molecule has 62 heavy (non-hydrogen) atoms. The third kappa shape index (κ3) is 8.70. The summed E-state index contributed by atoms with van der Waals surface area (Å²) in [6, 6.07) is 13.6. The van der Waals surface area contributed by atoms with E-state index >= 15 is 0 Å². The molecule has 0 bridgehead atoms. The fourth-order valence-corrected chi connectivity index (χ4v) is 10.7. The van der Waals surface area contributed by atoms with Crippen molar-refractivity contribution in [2.24, 2.45) is 11.3 Å². The van der Waals surface area contributed by atoms with E-state index in [0.717, 1.165) is 87.7 Å². The number of nitrogens with one attached hydrogen (secondary N) is 2. The van der Waals surface area contributed by atoms with Gasteiger partial charge in [-0.3, -0.25) is 34.2 Å². The normalized spacial score (nSPS) is 22.6. The van der Waals surface area contributed by atoms with Gasteiger partial charge in [-0.05, 0) is 124 Å². The van der Waals surface area contributed by atoms with Crippen molar-refractivity contribution in [3.05, 3.63) is 82.5 Å². The Balaban J connectivity index is 0.715. The molecule has 3 N–H and O–H groups in total. The number of hydrogen-bond acceptors (Lipinski definition) is 8. The number of rotatable bonds is 8. The molecule has 16 heteroatoms. The second kappa shape index (κ2) is 17.5. The number of amides is 5. The van der Waals surface area contributed by atoms with Gasteiger partial charge in [-0.1, -0.05) is 11.6 Å². The Kier molecular flexibility index (Phi) is 11.8. The number of benzene rings is 3. The maximum atomic E-state index is 13.7. The van der Waals surface area contributed by atoms with E-state index in [2.05, 4.69) is 49.5 Å². The van der Waals surface area contributed by atoms with Crippen molar-refractivity contribution in [3.8, 4) is 5.75 Å². The van der Waals surface area contributed by atoms with Crippen LogP contribution in [0.5, 0.6) is 5.75 Å². The Morgan fingerprint density at radius 1 is 0.823 bits per heavy atom. The number of piperidine rings is 1. The number of carbonyl (C=O) groups excluding carboxylic acids is 4. The first-order chi connectivity index (χ1) is 29.9. The highest BCUT2D eigenvalue weighted by Crippen LogP contribution is 2.46. The monoisotopic (exact) mass is 870 g/mol. The predicted octanol–water partition coefficient (Wildman–Crippen LogP) is 7.27. The zero-order chi connectivity index (χ0) is 43.1. The van der Waals surface area contributed by atoms with E-state index in [4.69, 9.17) is 16.7 Å². The van der Waals surface area contributed by atoms with Crippen LogP contribution in [0.3, 0.4) is 0 Å². The highest BCUT2D eigenvalue weighted by atomic mass is 35.5. The average Bonchev–Trinajstić information content (AvgIpc) is 3.72. The topological polar surface area (TPSA) is 143 Å². The van der Waals surface area contributed by atoms with Crippen LogP contribution in [0.15, 0.2) is 54.7 Å². The number of aromatic nitrogens is 2. The third-order valence-electron chi connectivity index (χ3n) is 14.4. The molecule has 328 valence electrons. The molecule has 3 aromatic carbocycles. The summed E-state index contributed by atoms with van der Waals surface area (Å²) in [5.41, 5.74) is 3.24. The van der Waals surface area contributed by atoms with Crippen molar-refractivity contribution >= 4 is 57.6 Å². The Bertz CT molecular complexity index is 2340. The van der Waals surface area contributed by atoms with Crippen molar-refractivity contribution in [1.29, 1.82) is 0 Å². The number of halogens is 3. The Labute approximate surface area is 364 Å². The molecule has 1 aromatic heterocycles. The van der Waals surface area contributed by atoms with Gasteiger partial charge in [0.05, 0.1) is 22.3 Å². The van der Waals surface area contributed by atoms with Gasteiger partial charge < -0.3 is 20.2 Å². The number of likely N-dealkylation sites (tertiary alicyclic amines) is 1. The third-order valence-corrected chi connectivity index (χ3v) is 14.7. The summed E-state index contributed by atoms with van der Waals surface area (Å²) in [7, 11) is 0. The Morgan fingerprint density at radius 3 is 2.23 bits per heavy atom. The molecule has 4 heterocycles. The first kappa shape index (κ1) is 42.0. The van der Waals surface area contributed by atoms with E-state index in [0.29, 0.717) is 41.9 Å². The standard InChI is InChI=1S/C46H53ClF2N8O5/c47-36-8-4-30(25-40(36)56-16-11-41(58)51-45(56)62)44(61)55-17-14-46(15-18-55)12-9-33(10-13-46)53-19-21-54(22-20-53)35-7-3-31-28-57(52-39(31)26-35)34-5-1-29(2-6-34)27-50-43(60)32-23-37(48)42(59)38(49)24-32/h3-4,7-8,23-26,28-29,33-34,59H,1-2,5-6,9-22,27H2,(H,50,60)(H,51,58,62). The van der Waals surface area contributed by atoms with Crippen LogP contribution in [0.4, 0.5) is 25.0 Å². The number of fused-ring (bicyclic) bond motifs is 1. The fraction of sp³-hybridized carbons (Fsp3) is 0.500. The lowest BCUT2D eigenvalue weighted by Gasteiger charge is -2.49. The zero-order valence-electron chi connectivity index (χ0n) is 34.8. The number of nitrogens with zero attached hydrogens (tertiary/aromatic N) is 6. The minimum Gasteiger partial charge on any atom is -0.503 e. The summed E-state index contributed by atoms with van der Waals surface area (Å²) in [5, 5.41) is 20.9. The van der Waals surface area contributed by atoms with Crippen LogP contribution in [-0.4, -0.2) is 107 Å².